The van der Waals surface area contributed by atoms with Crippen molar-refractivity contribution in [1.82, 2.24) is 10.6 Å². The summed E-state index contributed by atoms with van der Waals surface area (Å²) < 4.78 is -1.95. The molecule has 0 aliphatic carbocycles. The first-order valence-electron chi connectivity index (χ1n) is 7.33. The van der Waals surface area contributed by atoms with Crippen LogP contribution in [0.2, 0.25) is 20.1 Å². The Labute approximate surface area is 201 Å². The van der Waals surface area contributed by atoms with Crippen LogP contribution in [0.4, 0.5) is 5.69 Å². The number of para-hydroxylation sites is 1. The van der Waals surface area contributed by atoms with E-state index in [1.807, 2.05) is 0 Å². The normalized spacial score (nSPS) is 12.2. The third-order valence-electron chi connectivity index (χ3n) is 3.26. The quantitative estimate of drug-likeness (QED) is 0.229. The fraction of sp³-hybridized carbons (Fsp3) is 0.125. The van der Waals surface area contributed by atoms with Crippen LogP contribution in [0, 0.1) is 0 Å². The number of thiocarbonyl (C=S) groups is 1. The molecule has 2 aromatic carbocycles. The molecular weight excluding hydrogens is 530 g/mol. The smallest absolute Gasteiger partial charge is 0.254 e. The van der Waals surface area contributed by atoms with Gasteiger partial charge >= 0.3 is 0 Å². The number of halogens is 7. The van der Waals surface area contributed by atoms with E-state index in [2.05, 4.69) is 16.0 Å². The number of amides is 1. The molecule has 0 saturated heterocycles. The molecule has 0 saturated carbocycles. The van der Waals surface area contributed by atoms with Crippen molar-refractivity contribution in [3.8, 4) is 0 Å². The van der Waals surface area contributed by atoms with Gasteiger partial charge in [0, 0.05) is 5.02 Å². The van der Waals surface area contributed by atoms with E-state index in [0.29, 0.717) is 20.8 Å². The first-order chi connectivity index (χ1) is 13.0. The highest BCUT2D eigenvalue weighted by Gasteiger charge is 2.35. The zero-order valence-corrected chi connectivity index (χ0v) is 19.6. The van der Waals surface area contributed by atoms with E-state index in [-0.39, 0.29) is 15.7 Å². The van der Waals surface area contributed by atoms with Crippen molar-refractivity contribution >= 4 is 110 Å². The summed E-state index contributed by atoms with van der Waals surface area (Å²) in [6.07, 6.45) is -1.21. The third kappa shape index (κ3) is 6.57. The summed E-state index contributed by atoms with van der Waals surface area (Å²) in [7, 11) is 0. The van der Waals surface area contributed by atoms with Crippen LogP contribution in [0.25, 0.3) is 0 Å². The second kappa shape index (κ2) is 10.1. The largest absolute Gasteiger partial charge is 0.339 e. The van der Waals surface area contributed by atoms with Crippen molar-refractivity contribution < 1.29 is 4.79 Å². The van der Waals surface area contributed by atoms with Crippen molar-refractivity contribution in [3.63, 3.8) is 0 Å². The lowest BCUT2D eigenvalue weighted by Crippen LogP contribution is -2.56. The van der Waals surface area contributed by atoms with Crippen LogP contribution >= 0.6 is 93.4 Å². The van der Waals surface area contributed by atoms with Crippen LogP contribution in [0.5, 0.6) is 0 Å². The zero-order chi connectivity index (χ0) is 21.1. The Balaban J connectivity index is 2.15. The molecule has 0 aliphatic heterocycles. The summed E-state index contributed by atoms with van der Waals surface area (Å²) in [6.45, 7) is 0. The van der Waals surface area contributed by atoms with Crippen molar-refractivity contribution in [3.05, 3.63) is 62.1 Å². The number of carbonyl (C=O) groups excluding carboxylic acids is 1. The number of benzene rings is 2. The van der Waals surface area contributed by atoms with Crippen LogP contribution in [0.15, 0.2) is 36.4 Å². The molecule has 0 fully saturated rings. The number of nitrogens with one attached hydrogen (secondary N) is 3. The molecule has 0 aliphatic rings. The molecule has 0 heterocycles. The van der Waals surface area contributed by atoms with E-state index >= 15 is 0 Å². The van der Waals surface area contributed by atoms with Gasteiger partial charge in [0.05, 0.1) is 26.3 Å². The number of hydrogen-bond acceptors (Lipinski definition) is 2. The van der Waals surface area contributed by atoms with E-state index in [0.717, 1.165) is 0 Å². The first kappa shape index (κ1) is 23.9. The van der Waals surface area contributed by atoms with E-state index in [9.17, 15) is 4.79 Å². The summed E-state index contributed by atoms with van der Waals surface area (Å²) in [5.74, 6) is -0.607. The average molecular weight is 541 g/mol. The van der Waals surface area contributed by atoms with E-state index in [4.69, 9.17) is 93.4 Å². The minimum Gasteiger partial charge on any atom is -0.339 e. The molecule has 150 valence electrons. The van der Waals surface area contributed by atoms with Gasteiger partial charge in [0.1, 0.15) is 6.17 Å². The molecule has 28 heavy (non-hydrogen) atoms. The van der Waals surface area contributed by atoms with Gasteiger partial charge in [-0.3, -0.25) is 4.79 Å². The summed E-state index contributed by atoms with van der Waals surface area (Å²) >= 11 is 47.1. The molecule has 0 bridgehead atoms. The van der Waals surface area contributed by atoms with Gasteiger partial charge in [-0.1, -0.05) is 87.3 Å². The first-order valence-corrected chi connectivity index (χ1v) is 10.4. The van der Waals surface area contributed by atoms with Gasteiger partial charge in [-0.2, -0.15) is 0 Å². The fourth-order valence-corrected chi connectivity index (χ4v) is 3.51. The van der Waals surface area contributed by atoms with Crippen LogP contribution in [-0.4, -0.2) is 21.0 Å². The van der Waals surface area contributed by atoms with Crippen LogP contribution in [0.3, 0.4) is 0 Å². The van der Waals surface area contributed by atoms with Crippen molar-refractivity contribution in [2.24, 2.45) is 0 Å². The monoisotopic (exact) mass is 537 g/mol. The Kier molecular flexibility index (Phi) is 8.62. The maximum Gasteiger partial charge on any atom is 0.254 e. The summed E-state index contributed by atoms with van der Waals surface area (Å²) in [4.78, 5) is 12.5. The summed E-state index contributed by atoms with van der Waals surface area (Å²) in [5, 5.41) is 9.19. The van der Waals surface area contributed by atoms with E-state index in [1.54, 1.807) is 18.2 Å². The number of hydrogen-bond donors (Lipinski definition) is 3. The van der Waals surface area contributed by atoms with Crippen LogP contribution in [-0.2, 0) is 0 Å². The maximum atomic E-state index is 12.5. The lowest BCUT2D eigenvalue weighted by Gasteiger charge is -2.28. The Bertz CT molecular complexity index is 884. The number of alkyl halides is 3. The zero-order valence-electron chi connectivity index (χ0n) is 13.5. The minimum atomic E-state index is -1.95. The van der Waals surface area contributed by atoms with Gasteiger partial charge in [0.15, 0.2) is 5.11 Å². The van der Waals surface area contributed by atoms with Crippen LogP contribution in [0.1, 0.15) is 10.4 Å². The molecule has 2 aromatic rings. The lowest BCUT2D eigenvalue weighted by atomic mass is 10.2. The molecule has 1 amide bonds. The highest BCUT2D eigenvalue weighted by Crippen LogP contribution is 2.32. The summed E-state index contributed by atoms with van der Waals surface area (Å²) in [5.41, 5.74) is 0.499. The second-order valence-corrected chi connectivity index (χ2v) is 9.70. The summed E-state index contributed by atoms with van der Waals surface area (Å²) in [6, 6.07) is 9.28. The Morgan fingerprint density at radius 3 is 2.07 bits per heavy atom. The SMILES string of the molecule is O=C(N[C@H](NC(=S)Nc1c(Cl)cccc1Cl)C(Cl)(Cl)Cl)c1ccc(Cl)cc1Cl. The van der Waals surface area contributed by atoms with E-state index in [1.165, 1.54) is 18.2 Å². The molecule has 0 radical (unpaired) electrons. The molecular formula is C16H10Cl7N3OS. The molecule has 1 atom stereocenters. The maximum absolute atomic E-state index is 12.5. The standard InChI is InChI=1S/C16H10Cl7N3OS/c17-7-4-5-8(11(20)6-7)13(27)25-14(16(21,22)23)26-15(28)24-12-9(18)2-1-3-10(12)19/h1-6,14H,(H,25,27)(H2,24,26,28)/t14-/m1/s1. The lowest BCUT2D eigenvalue weighted by molar-refractivity contribution is 0.0934. The fourth-order valence-electron chi connectivity index (χ4n) is 1.98. The number of anilines is 1. The second-order valence-electron chi connectivity index (χ2n) is 5.27. The Morgan fingerprint density at radius 2 is 1.54 bits per heavy atom. The van der Waals surface area contributed by atoms with Gasteiger partial charge in [0.2, 0.25) is 3.79 Å². The molecule has 12 heteroatoms. The Hall–Kier alpha value is -0.370. The highest BCUT2D eigenvalue weighted by atomic mass is 35.6. The molecule has 2 rings (SSSR count). The molecule has 4 nitrogen and oxygen atoms in total. The van der Waals surface area contributed by atoms with Crippen molar-refractivity contribution in [1.29, 1.82) is 0 Å². The molecule has 0 unspecified atom stereocenters. The average Bonchev–Trinajstić information content (AvgIpc) is 2.56. The van der Waals surface area contributed by atoms with Crippen LogP contribution < -0.4 is 16.0 Å². The Morgan fingerprint density at radius 1 is 0.929 bits per heavy atom. The van der Waals surface area contributed by atoms with Gasteiger partial charge < -0.3 is 16.0 Å². The van der Waals surface area contributed by atoms with E-state index < -0.39 is 15.9 Å². The van der Waals surface area contributed by atoms with Gasteiger partial charge in [0.25, 0.3) is 5.91 Å². The third-order valence-corrected chi connectivity index (χ3v) is 5.31. The van der Waals surface area contributed by atoms with Crippen molar-refractivity contribution in [2.75, 3.05) is 5.32 Å². The number of rotatable bonds is 4. The van der Waals surface area contributed by atoms with Crippen molar-refractivity contribution in [2.45, 2.75) is 9.96 Å². The predicted molar refractivity (Wildman–Crippen MR) is 124 cm³/mol. The molecule has 0 spiro atoms. The van der Waals surface area contributed by atoms with Gasteiger partial charge in [-0.05, 0) is 42.5 Å². The topological polar surface area (TPSA) is 53.2 Å². The highest BCUT2D eigenvalue weighted by molar-refractivity contribution is 7.80. The minimum absolute atomic E-state index is 0.00817. The van der Waals surface area contributed by atoms with Gasteiger partial charge in [-0.15, -0.1) is 0 Å². The molecule has 3 N–H and O–H groups in total. The predicted octanol–water partition coefficient (Wildman–Crippen LogP) is 6.71. The van der Waals surface area contributed by atoms with Gasteiger partial charge in [-0.25, -0.2) is 0 Å². The molecule has 0 aromatic heterocycles. The number of carbonyl (C=O) groups is 1.